The van der Waals surface area contributed by atoms with E-state index in [1.807, 2.05) is 54.6 Å². The zero-order valence-electron chi connectivity index (χ0n) is 21.8. The fourth-order valence-corrected chi connectivity index (χ4v) is 6.51. The fraction of sp³-hybridized carbons (Fsp3) is 0.200. The number of hydrogen-bond acceptors (Lipinski definition) is 4. The van der Waals surface area contributed by atoms with Gasteiger partial charge in [-0.25, -0.2) is 19.1 Å². The van der Waals surface area contributed by atoms with Crippen molar-refractivity contribution < 1.29 is 32.2 Å². The summed E-state index contributed by atoms with van der Waals surface area (Å²) < 4.78 is 55.1. The zero-order valence-corrected chi connectivity index (χ0v) is 25.6. The molecule has 1 aromatic heterocycles. The molecule has 0 spiro atoms. The van der Waals surface area contributed by atoms with E-state index in [1.54, 1.807) is 13.8 Å². The number of carbonyl (C=O) groups is 2. The molecule has 1 atom stereocenters. The van der Waals surface area contributed by atoms with Crippen LogP contribution in [0.5, 0.6) is 0 Å². The number of benzene rings is 3. The number of amides is 1. The van der Waals surface area contributed by atoms with E-state index in [0.717, 1.165) is 30.3 Å². The standard InChI is InChI=1S/C30H23BrF3IN2O4/c1-3-40-28(38)36-22-16-19(30(32,33)34)12-15-21(22)24-23(17-10-13-20(31)14-11-17)25(35)26(18-8-6-5-7-9-18)37(27(24)36)29(39)41-4-2/h5-16,23H,3-4H2,1-2H3. The van der Waals surface area contributed by atoms with Gasteiger partial charge in [0.05, 0.1) is 30.0 Å². The first kappa shape index (κ1) is 29.2. The Labute approximate surface area is 256 Å². The van der Waals surface area contributed by atoms with Crippen LogP contribution in [-0.2, 0) is 15.7 Å². The predicted molar refractivity (Wildman–Crippen MR) is 162 cm³/mol. The molecule has 6 nitrogen and oxygen atoms in total. The second kappa shape index (κ2) is 11.5. The highest BCUT2D eigenvalue weighted by molar-refractivity contribution is 14.1. The lowest BCUT2D eigenvalue weighted by molar-refractivity contribution is -0.137. The van der Waals surface area contributed by atoms with Gasteiger partial charge < -0.3 is 9.47 Å². The minimum Gasteiger partial charge on any atom is -0.449 e. The Kier molecular flexibility index (Phi) is 8.20. The van der Waals surface area contributed by atoms with Gasteiger partial charge in [-0.3, -0.25) is 0 Å². The molecule has 0 saturated carbocycles. The number of halogens is 5. The first-order valence-corrected chi connectivity index (χ1v) is 14.6. The van der Waals surface area contributed by atoms with Crippen LogP contribution in [0.3, 0.4) is 0 Å². The lowest BCUT2D eigenvalue weighted by atomic mass is 9.85. The number of aromatic nitrogens is 1. The number of ether oxygens (including phenoxy) is 2. The number of alkyl halides is 3. The van der Waals surface area contributed by atoms with Crippen molar-refractivity contribution >= 4 is 73.1 Å². The van der Waals surface area contributed by atoms with Gasteiger partial charge in [0.2, 0.25) is 0 Å². The average molecular weight is 739 g/mol. The minimum absolute atomic E-state index is 0.0271. The summed E-state index contributed by atoms with van der Waals surface area (Å²) in [5, 5.41) is 0.379. The van der Waals surface area contributed by atoms with E-state index in [4.69, 9.17) is 9.47 Å². The van der Waals surface area contributed by atoms with Crippen LogP contribution >= 0.6 is 38.5 Å². The van der Waals surface area contributed by atoms with Gasteiger partial charge in [-0.05, 0) is 71.8 Å². The summed E-state index contributed by atoms with van der Waals surface area (Å²) in [6.45, 7) is 3.27. The normalized spacial score (nSPS) is 15.2. The first-order chi connectivity index (χ1) is 19.6. The van der Waals surface area contributed by atoms with Crippen LogP contribution < -0.4 is 4.90 Å². The maximum absolute atomic E-state index is 13.9. The quantitative estimate of drug-likeness (QED) is 0.196. The van der Waals surface area contributed by atoms with Crippen molar-refractivity contribution in [1.29, 1.82) is 0 Å². The van der Waals surface area contributed by atoms with E-state index < -0.39 is 29.8 Å². The zero-order chi connectivity index (χ0) is 29.5. The van der Waals surface area contributed by atoms with Crippen molar-refractivity contribution in [1.82, 2.24) is 4.57 Å². The Morgan fingerprint density at radius 2 is 1.56 bits per heavy atom. The van der Waals surface area contributed by atoms with E-state index >= 15 is 0 Å². The summed E-state index contributed by atoms with van der Waals surface area (Å²) in [7, 11) is 0. The molecule has 11 heteroatoms. The Balaban J connectivity index is 1.96. The van der Waals surface area contributed by atoms with Crippen molar-refractivity contribution in [2.24, 2.45) is 0 Å². The maximum Gasteiger partial charge on any atom is 0.420 e. The van der Waals surface area contributed by atoms with Gasteiger partial charge in [0, 0.05) is 24.9 Å². The maximum atomic E-state index is 13.9. The molecular weight excluding hydrogens is 716 g/mol. The molecule has 1 unspecified atom stereocenters. The van der Waals surface area contributed by atoms with Crippen LogP contribution in [0.25, 0.3) is 16.6 Å². The van der Waals surface area contributed by atoms with Crippen LogP contribution in [0.15, 0.2) is 80.8 Å². The van der Waals surface area contributed by atoms with Crippen LogP contribution in [0.1, 0.15) is 42.0 Å². The number of anilines is 1. The molecule has 3 aromatic carbocycles. The molecular formula is C30H23BrF3IN2O4. The fourth-order valence-electron chi connectivity index (χ4n) is 5.03. The monoisotopic (exact) mass is 738 g/mol. The Hall–Kier alpha value is -3.32. The number of allylic oxidation sites excluding steroid dienone is 1. The van der Waals surface area contributed by atoms with E-state index in [0.29, 0.717) is 22.2 Å². The van der Waals surface area contributed by atoms with Crippen molar-refractivity contribution in [2.75, 3.05) is 18.1 Å². The summed E-state index contributed by atoms with van der Waals surface area (Å²) in [5.74, 6) is -0.460. The number of hydrogen-bond donors (Lipinski definition) is 0. The Morgan fingerprint density at radius 3 is 2.17 bits per heavy atom. The molecule has 2 heterocycles. The topological polar surface area (TPSA) is 60.8 Å². The summed E-state index contributed by atoms with van der Waals surface area (Å²) in [6.07, 6.45) is -6.35. The molecule has 0 fully saturated rings. The number of rotatable bonds is 4. The molecule has 0 radical (unpaired) electrons. The Morgan fingerprint density at radius 1 is 0.927 bits per heavy atom. The van der Waals surface area contributed by atoms with Crippen molar-refractivity contribution in [3.05, 3.63) is 103 Å². The van der Waals surface area contributed by atoms with Gasteiger partial charge in [0.1, 0.15) is 5.82 Å². The highest BCUT2D eigenvalue weighted by atomic mass is 127. The van der Waals surface area contributed by atoms with Gasteiger partial charge in [-0.15, -0.1) is 0 Å². The SMILES string of the molecule is CCOC(=O)N1C(c2ccccc2)=C(I)C(c2ccc(Br)cc2)c2c1n(C(=O)OCC)c1cc(C(F)(F)F)ccc21. The molecule has 0 aliphatic carbocycles. The minimum atomic E-state index is -4.66. The van der Waals surface area contributed by atoms with Gasteiger partial charge in [0.25, 0.3) is 0 Å². The second-order valence-corrected chi connectivity index (χ2v) is 11.2. The van der Waals surface area contributed by atoms with Gasteiger partial charge >= 0.3 is 18.4 Å². The molecule has 0 saturated heterocycles. The van der Waals surface area contributed by atoms with Crippen molar-refractivity contribution in [3.63, 3.8) is 0 Å². The summed E-state index contributed by atoms with van der Waals surface area (Å²) in [6, 6.07) is 19.9. The smallest absolute Gasteiger partial charge is 0.420 e. The van der Waals surface area contributed by atoms with Crippen LogP contribution in [0, 0.1) is 0 Å². The van der Waals surface area contributed by atoms with Crippen molar-refractivity contribution in [3.8, 4) is 0 Å². The Bertz CT molecular complexity index is 1670. The lowest BCUT2D eigenvalue weighted by Crippen LogP contribution is -2.37. The van der Waals surface area contributed by atoms with Gasteiger partial charge in [-0.1, -0.05) is 64.5 Å². The van der Waals surface area contributed by atoms with Gasteiger partial charge in [-0.2, -0.15) is 13.2 Å². The highest BCUT2D eigenvalue weighted by Gasteiger charge is 2.43. The molecule has 1 aliphatic rings. The van der Waals surface area contributed by atoms with E-state index in [2.05, 4.69) is 38.5 Å². The molecule has 5 rings (SSSR count). The second-order valence-electron chi connectivity index (χ2n) is 9.08. The summed E-state index contributed by atoms with van der Waals surface area (Å²) >= 11 is 5.64. The molecule has 1 amide bonds. The third-order valence-corrected chi connectivity index (χ3v) is 8.33. The van der Waals surface area contributed by atoms with Crippen LogP contribution in [-0.4, -0.2) is 30.0 Å². The van der Waals surface area contributed by atoms with Gasteiger partial charge in [0.15, 0.2) is 0 Å². The largest absolute Gasteiger partial charge is 0.449 e. The lowest BCUT2D eigenvalue weighted by Gasteiger charge is -2.35. The van der Waals surface area contributed by atoms with E-state index in [1.165, 1.54) is 11.0 Å². The number of fused-ring (bicyclic) bond motifs is 3. The highest BCUT2D eigenvalue weighted by Crippen LogP contribution is 2.54. The summed E-state index contributed by atoms with van der Waals surface area (Å²) in [5.41, 5.74) is 1.46. The summed E-state index contributed by atoms with van der Waals surface area (Å²) in [4.78, 5) is 28.5. The molecule has 4 aromatic rings. The van der Waals surface area contributed by atoms with Crippen LogP contribution in [0.4, 0.5) is 28.6 Å². The molecule has 41 heavy (non-hydrogen) atoms. The molecule has 212 valence electrons. The number of nitrogens with zero attached hydrogens (tertiary/aromatic N) is 2. The molecule has 1 aliphatic heterocycles. The van der Waals surface area contributed by atoms with Crippen molar-refractivity contribution in [2.45, 2.75) is 25.9 Å². The van der Waals surface area contributed by atoms with E-state index in [-0.39, 0.29) is 24.5 Å². The third kappa shape index (κ3) is 5.25. The van der Waals surface area contributed by atoms with E-state index in [9.17, 15) is 22.8 Å². The average Bonchev–Trinajstić information content (AvgIpc) is 3.27. The van der Waals surface area contributed by atoms with Crippen LogP contribution in [0.2, 0.25) is 0 Å². The first-order valence-electron chi connectivity index (χ1n) is 12.7. The molecule has 0 bridgehead atoms. The predicted octanol–water partition coefficient (Wildman–Crippen LogP) is 9.34. The molecule has 0 N–H and O–H groups in total. The number of carbonyl (C=O) groups excluding carboxylic acids is 2. The third-order valence-electron chi connectivity index (χ3n) is 6.66.